The van der Waals surface area contributed by atoms with Gasteiger partial charge in [0.25, 0.3) is 0 Å². The summed E-state index contributed by atoms with van der Waals surface area (Å²) in [6.45, 7) is 5.83. The Kier molecular flexibility index (Phi) is 3.02. The number of hydrazone groups is 1. The zero-order valence-electron chi connectivity index (χ0n) is 8.66. The highest BCUT2D eigenvalue weighted by Gasteiger charge is 2.10. The number of ketones is 1. The number of hydrogen-bond donors (Lipinski definition) is 1. The summed E-state index contributed by atoms with van der Waals surface area (Å²) in [4.78, 5) is 11.6. The Morgan fingerprint density at radius 1 is 1.29 bits per heavy atom. The molecule has 0 saturated heterocycles. The molecule has 1 rings (SSSR count). The molecule has 3 nitrogen and oxygen atoms in total. The van der Waals surface area contributed by atoms with Gasteiger partial charge in [-0.05, 0) is 31.9 Å². The molecular formula is C11H14N2O. The molecule has 0 bridgehead atoms. The zero-order chi connectivity index (χ0) is 10.7. The van der Waals surface area contributed by atoms with Gasteiger partial charge >= 0.3 is 0 Å². The van der Waals surface area contributed by atoms with Crippen molar-refractivity contribution >= 4 is 12.0 Å². The number of Topliss-reactive ketones (excluding diaryl/α,β-unsaturated/α-hetero) is 1. The number of hydrogen-bond acceptors (Lipinski definition) is 3. The minimum atomic E-state index is -0.137. The lowest BCUT2D eigenvalue weighted by Gasteiger charge is -2.07. The van der Waals surface area contributed by atoms with Crippen molar-refractivity contribution in [2.24, 2.45) is 10.9 Å². The van der Waals surface area contributed by atoms with Crippen molar-refractivity contribution in [3.63, 3.8) is 0 Å². The van der Waals surface area contributed by atoms with Crippen molar-refractivity contribution in [2.75, 3.05) is 0 Å². The third-order valence-electron chi connectivity index (χ3n) is 2.12. The van der Waals surface area contributed by atoms with Crippen molar-refractivity contribution in [3.05, 3.63) is 34.4 Å². The number of carbonyl (C=O) groups is 1. The fraction of sp³-hybridized carbons (Fsp3) is 0.273. The van der Waals surface area contributed by atoms with Crippen molar-refractivity contribution in [1.82, 2.24) is 0 Å². The van der Waals surface area contributed by atoms with E-state index in [2.05, 4.69) is 5.10 Å². The molecule has 0 spiro atoms. The van der Waals surface area contributed by atoms with Gasteiger partial charge in [0.05, 0.1) is 6.21 Å². The molecular weight excluding hydrogens is 176 g/mol. The molecule has 0 unspecified atom stereocenters. The lowest BCUT2D eigenvalue weighted by molar-refractivity contribution is 0.106. The number of benzene rings is 1. The number of nitrogens with zero attached hydrogens (tertiary/aromatic N) is 1. The maximum atomic E-state index is 11.6. The van der Waals surface area contributed by atoms with Crippen LogP contribution in [0.25, 0.3) is 0 Å². The fourth-order valence-corrected chi connectivity index (χ4v) is 1.70. The highest BCUT2D eigenvalue weighted by molar-refractivity contribution is 6.36. The molecule has 0 radical (unpaired) electrons. The standard InChI is InChI=1S/C11H14N2O/c1-7-4-8(2)11(9(3)5-7)10(14)6-13-12/h4-6H,12H2,1-3H3/b13-6+. The normalized spacial score (nSPS) is 10.8. The lowest BCUT2D eigenvalue weighted by atomic mass is 9.97. The summed E-state index contributed by atoms with van der Waals surface area (Å²) in [5.74, 6) is 4.81. The largest absolute Gasteiger partial charge is 0.323 e. The molecule has 2 N–H and O–H groups in total. The van der Waals surface area contributed by atoms with Crippen LogP contribution in [0.5, 0.6) is 0 Å². The summed E-state index contributed by atoms with van der Waals surface area (Å²) >= 11 is 0. The monoisotopic (exact) mass is 190 g/mol. The minimum absolute atomic E-state index is 0.137. The van der Waals surface area contributed by atoms with E-state index in [9.17, 15) is 4.79 Å². The molecule has 1 aromatic carbocycles. The predicted molar refractivity (Wildman–Crippen MR) is 57.7 cm³/mol. The van der Waals surface area contributed by atoms with Crippen LogP contribution in [0.1, 0.15) is 27.0 Å². The molecule has 3 heteroatoms. The summed E-state index contributed by atoms with van der Waals surface area (Å²) < 4.78 is 0. The molecule has 0 saturated carbocycles. The number of aryl methyl sites for hydroxylation is 3. The molecule has 0 atom stereocenters. The van der Waals surface area contributed by atoms with E-state index in [0.717, 1.165) is 22.9 Å². The van der Waals surface area contributed by atoms with Crippen LogP contribution < -0.4 is 5.84 Å². The van der Waals surface area contributed by atoms with Crippen molar-refractivity contribution < 1.29 is 4.79 Å². The number of carbonyl (C=O) groups excluding carboxylic acids is 1. The quantitative estimate of drug-likeness (QED) is 0.334. The van der Waals surface area contributed by atoms with E-state index in [1.165, 1.54) is 0 Å². The van der Waals surface area contributed by atoms with Crippen molar-refractivity contribution in [1.29, 1.82) is 0 Å². The summed E-state index contributed by atoms with van der Waals surface area (Å²) in [6, 6.07) is 3.95. The molecule has 0 aliphatic rings. The fourth-order valence-electron chi connectivity index (χ4n) is 1.70. The van der Waals surface area contributed by atoms with Gasteiger partial charge in [-0.2, -0.15) is 5.10 Å². The Hall–Kier alpha value is -1.64. The van der Waals surface area contributed by atoms with E-state index < -0.39 is 0 Å². The van der Waals surface area contributed by atoms with Gasteiger partial charge in [0.1, 0.15) is 0 Å². The highest BCUT2D eigenvalue weighted by atomic mass is 16.1. The van der Waals surface area contributed by atoms with E-state index in [4.69, 9.17) is 5.84 Å². The van der Waals surface area contributed by atoms with Crippen molar-refractivity contribution in [3.8, 4) is 0 Å². The summed E-state index contributed by atoms with van der Waals surface area (Å²) in [5, 5.41) is 3.24. The van der Waals surface area contributed by atoms with Crippen LogP contribution in [-0.4, -0.2) is 12.0 Å². The van der Waals surface area contributed by atoms with Gasteiger partial charge < -0.3 is 5.84 Å². The van der Waals surface area contributed by atoms with E-state index in [1.54, 1.807) is 0 Å². The summed E-state index contributed by atoms with van der Waals surface area (Å²) in [7, 11) is 0. The van der Waals surface area contributed by atoms with Crippen LogP contribution in [-0.2, 0) is 0 Å². The smallest absolute Gasteiger partial charge is 0.206 e. The molecule has 0 fully saturated rings. The maximum Gasteiger partial charge on any atom is 0.206 e. The zero-order valence-corrected chi connectivity index (χ0v) is 8.66. The van der Waals surface area contributed by atoms with Crippen LogP contribution >= 0.6 is 0 Å². The molecule has 0 heterocycles. The van der Waals surface area contributed by atoms with Gasteiger partial charge in [-0.1, -0.05) is 17.7 Å². The van der Waals surface area contributed by atoms with Gasteiger partial charge in [0, 0.05) is 5.56 Å². The first-order valence-corrected chi connectivity index (χ1v) is 4.41. The average molecular weight is 190 g/mol. The van der Waals surface area contributed by atoms with Gasteiger partial charge in [-0.15, -0.1) is 0 Å². The number of nitrogens with two attached hydrogens (primary N) is 1. The Morgan fingerprint density at radius 2 is 1.79 bits per heavy atom. The van der Waals surface area contributed by atoms with Crippen LogP contribution in [0.15, 0.2) is 17.2 Å². The topological polar surface area (TPSA) is 55.5 Å². The number of rotatable bonds is 2. The lowest BCUT2D eigenvalue weighted by Crippen LogP contribution is -2.07. The first kappa shape index (κ1) is 10.4. The first-order valence-electron chi connectivity index (χ1n) is 4.41. The average Bonchev–Trinajstić information content (AvgIpc) is 2.01. The molecule has 0 aliphatic heterocycles. The Labute approximate surface area is 83.6 Å². The SMILES string of the molecule is Cc1cc(C)c(C(=O)/C=N/N)c(C)c1. The van der Waals surface area contributed by atoms with Crippen LogP contribution in [0, 0.1) is 20.8 Å². The maximum absolute atomic E-state index is 11.6. The predicted octanol–water partition coefficient (Wildman–Crippen LogP) is 1.74. The molecule has 14 heavy (non-hydrogen) atoms. The van der Waals surface area contributed by atoms with E-state index in [0.29, 0.717) is 5.56 Å². The van der Waals surface area contributed by atoms with E-state index >= 15 is 0 Å². The van der Waals surface area contributed by atoms with Crippen LogP contribution in [0.4, 0.5) is 0 Å². The third-order valence-corrected chi connectivity index (χ3v) is 2.12. The molecule has 0 amide bonds. The second-order valence-electron chi connectivity index (χ2n) is 3.42. The summed E-state index contributed by atoms with van der Waals surface area (Å²) in [5.41, 5.74) is 3.78. The molecule has 0 aromatic heterocycles. The van der Waals surface area contributed by atoms with Gasteiger partial charge in [0.15, 0.2) is 0 Å². The van der Waals surface area contributed by atoms with Gasteiger partial charge in [-0.3, -0.25) is 4.79 Å². The van der Waals surface area contributed by atoms with Gasteiger partial charge in [0.2, 0.25) is 5.78 Å². The second kappa shape index (κ2) is 4.05. The van der Waals surface area contributed by atoms with E-state index in [1.807, 2.05) is 32.9 Å². The first-order chi connectivity index (χ1) is 6.56. The highest BCUT2D eigenvalue weighted by Crippen LogP contribution is 2.16. The minimum Gasteiger partial charge on any atom is -0.323 e. The van der Waals surface area contributed by atoms with E-state index in [-0.39, 0.29) is 5.78 Å². The molecule has 0 aliphatic carbocycles. The summed E-state index contributed by atoms with van der Waals surface area (Å²) in [6.07, 6.45) is 1.14. The Balaban J connectivity index is 3.27. The molecule has 1 aromatic rings. The van der Waals surface area contributed by atoms with Crippen molar-refractivity contribution in [2.45, 2.75) is 20.8 Å². The van der Waals surface area contributed by atoms with Gasteiger partial charge in [-0.25, -0.2) is 0 Å². The van der Waals surface area contributed by atoms with Crippen LogP contribution in [0.2, 0.25) is 0 Å². The second-order valence-corrected chi connectivity index (χ2v) is 3.42. The Morgan fingerprint density at radius 3 is 2.21 bits per heavy atom. The van der Waals surface area contributed by atoms with Crippen LogP contribution in [0.3, 0.4) is 0 Å². The Bertz CT molecular complexity index is 371. The third kappa shape index (κ3) is 1.99. The molecule has 74 valence electrons.